The quantitative estimate of drug-likeness (QED) is 0.728. The molecule has 0 amide bonds. The van der Waals surface area contributed by atoms with Crippen LogP contribution in [0.5, 0.6) is 5.88 Å². The first-order valence-electron chi connectivity index (χ1n) is 8.27. The molecule has 3 aromatic heterocycles. The zero-order valence-corrected chi connectivity index (χ0v) is 14.6. The van der Waals surface area contributed by atoms with Crippen molar-refractivity contribution in [2.24, 2.45) is 0 Å². The van der Waals surface area contributed by atoms with Gasteiger partial charge in [0.15, 0.2) is 0 Å². The first kappa shape index (κ1) is 15.8. The van der Waals surface area contributed by atoms with Crippen LogP contribution in [0, 0.1) is 13.8 Å². The Morgan fingerprint density at radius 3 is 2.76 bits per heavy atom. The molecule has 0 fully saturated rings. The summed E-state index contributed by atoms with van der Waals surface area (Å²) < 4.78 is 11.3. The van der Waals surface area contributed by atoms with E-state index in [1.807, 2.05) is 38.2 Å². The summed E-state index contributed by atoms with van der Waals surface area (Å²) in [6, 6.07) is 5.98. The maximum Gasteiger partial charge on any atom is 0.213 e. The minimum absolute atomic E-state index is 0.361. The number of hydrogen-bond donors (Lipinski definition) is 0. The van der Waals surface area contributed by atoms with Gasteiger partial charge in [0.1, 0.15) is 18.1 Å². The van der Waals surface area contributed by atoms with E-state index in [9.17, 15) is 0 Å². The van der Waals surface area contributed by atoms with Gasteiger partial charge in [-0.1, -0.05) is 5.16 Å². The molecule has 0 spiro atoms. The van der Waals surface area contributed by atoms with Crippen LogP contribution >= 0.6 is 0 Å². The van der Waals surface area contributed by atoms with E-state index in [1.54, 1.807) is 6.20 Å². The van der Waals surface area contributed by atoms with E-state index in [-0.39, 0.29) is 0 Å². The maximum atomic E-state index is 5.93. The molecule has 0 radical (unpaired) electrons. The zero-order chi connectivity index (χ0) is 17.4. The summed E-state index contributed by atoms with van der Waals surface area (Å²) in [5.41, 5.74) is 6.12. The molecule has 0 N–H and O–H groups in total. The van der Waals surface area contributed by atoms with Gasteiger partial charge in [0.25, 0.3) is 0 Å². The van der Waals surface area contributed by atoms with E-state index >= 15 is 0 Å². The van der Waals surface area contributed by atoms with E-state index in [1.165, 1.54) is 11.1 Å². The third-order valence-corrected chi connectivity index (χ3v) is 4.47. The SMILES string of the molecule is Cc1ccc(-c2noc(C)c2COc2cc3c(cn2)CN(C)C3)cn1. The number of ether oxygens (including phenoxy) is 1. The predicted molar refractivity (Wildman–Crippen MR) is 92.9 cm³/mol. The maximum absolute atomic E-state index is 5.93. The van der Waals surface area contributed by atoms with Crippen molar-refractivity contribution in [1.29, 1.82) is 0 Å². The summed E-state index contributed by atoms with van der Waals surface area (Å²) in [5.74, 6) is 1.37. The second-order valence-electron chi connectivity index (χ2n) is 6.51. The van der Waals surface area contributed by atoms with Crippen molar-refractivity contribution in [3.05, 3.63) is 58.7 Å². The highest BCUT2D eigenvalue weighted by Gasteiger charge is 2.19. The Bertz CT molecular complexity index is 902. The minimum Gasteiger partial charge on any atom is -0.473 e. The van der Waals surface area contributed by atoms with Gasteiger partial charge in [-0.05, 0) is 44.2 Å². The van der Waals surface area contributed by atoms with E-state index in [4.69, 9.17) is 9.26 Å². The van der Waals surface area contributed by atoms with Crippen LogP contribution in [0.4, 0.5) is 0 Å². The molecule has 6 nitrogen and oxygen atoms in total. The molecule has 4 heterocycles. The van der Waals surface area contributed by atoms with Crippen molar-refractivity contribution >= 4 is 0 Å². The monoisotopic (exact) mass is 336 g/mol. The number of fused-ring (bicyclic) bond motifs is 1. The normalized spacial score (nSPS) is 13.9. The first-order chi connectivity index (χ1) is 12.1. The Hall–Kier alpha value is -2.73. The average Bonchev–Trinajstić information content (AvgIpc) is 3.15. The van der Waals surface area contributed by atoms with Crippen LogP contribution in [0.15, 0.2) is 35.1 Å². The highest BCUT2D eigenvalue weighted by Crippen LogP contribution is 2.27. The zero-order valence-electron chi connectivity index (χ0n) is 14.6. The van der Waals surface area contributed by atoms with E-state index in [0.29, 0.717) is 12.5 Å². The van der Waals surface area contributed by atoms with Crippen molar-refractivity contribution in [2.75, 3.05) is 7.05 Å². The second-order valence-corrected chi connectivity index (χ2v) is 6.51. The fourth-order valence-corrected chi connectivity index (χ4v) is 3.05. The summed E-state index contributed by atoms with van der Waals surface area (Å²) in [6.45, 7) is 6.08. The van der Waals surface area contributed by atoms with E-state index in [0.717, 1.165) is 41.4 Å². The van der Waals surface area contributed by atoms with Crippen molar-refractivity contribution in [3.63, 3.8) is 0 Å². The summed E-state index contributed by atoms with van der Waals surface area (Å²) in [5, 5.41) is 4.17. The lowest BCUT2D eigenvalue weighted by atomic mass is 10.1. The molecule has 3 aromatic rings. The summed E-state index contributed by atoms with van der Waals surface area (Å²) in [7, 11) is 2.10. The first-order valence-corrected chi connectivity index (χ1v) is 8.27. The summed E-state index contributed by atoms with van der Waals surface area (Å²) >= 11 is 0. The molecule has 0 unspecified atom stereocenters. The second kappa shape index (κ2) is 6.29. The fourth-order valence-electron chi connectivity index (χ4n) is 3.05. The molecule has 0 aliphatic carbocycles. The largest absolute Gasteiger partial charge is 0.473 e. The lowest BCUT2D eigenvalue weighted by molar-refractivity contribution is 0.290. The number of aryl methyl sites for hydroxylation is 2. The number of rotatable bonds is 4. The van der Waals surface area contributed by atoms with Gasteiger partial charge in [-0.2, -0.15) is 0 Å². The standard InChI is InChI=1S/C19H20N4O2/c1-12-4-5-14(7-20-12)19-17(13(2)25-22-19)11-24-18-6-15-9-23(3)10-16(15)8-21-18/h4-8H,9-11H2,1-3H3. The van der Waals surface area contributed by atoms with Crippen LogP contribution in [-0.4, -0.2) is 27.1 Å². The van der Waals surface area contributed by atoms with Crippen LogP contribution in [0.3, 0.4) is 0 Å². The highest BCUT2D eigenvalue weighted by atomic mass is 16.5. The van der Waals surface area contributed by atoms with Gasteiger partial charge in [0.05, 0.1) is 5.56 Å². The molecule has 0 saturated carbocycles. The Labute approximate surface area is 146 Å². The molecular formula is C19H20N4O2. The van der Waals surface area contributed by atoms with Crippen LogP contribution in [0.2, 0.25) is 0 Å². The molecule has 0 saturated heterocycles. The molecule has 1 aliphatic heterocycles. The van der Waals surface area contributed by atoms with E-state index in [2.05, 4.69) is 27.1 Å². The minimum atomic E-state index is 0.361. The van der Waals surface area contributed by atoms with Crippen LogP contribution in [0.25, 0.3) is 11.3 Å². The Balaban J connectivity index is 1.55. The Morgan fingerprint density at radius 2 is 1.96 bits per heavy atom. The smallest absolute Gasteiger partial charge is 0.213 e. The summed E-state index contributed by atoms with van der Waals surface area (Å²) in [4.78, 5) is 11.0. The molecule has 0 atom stereocenters. The molecule has 0 bridgehead atoms. The van der Waals surface area contributed by atoms with Gasteiger partial charge in [0, 0.05) is 42.8 Å². The lowest BCUT2D eigenvalue weighted by Gasteiger charge is -2.07. The van der Waals surface area contributed by atoms with Crippen molar-refractivity contribution in [3.8, 4) is 17.1 Å². The number of hydrogen-bond acceptors (Lipinski definition) is 6. The molecule has 25 heavy (non-hydrogen) atoms. The van der Waals surface area contributed by atoms with Crippen molar-refractivity contribution in [2.45, 2.75) is 33.5 Å². The number of nitrogens with zero attached hydrogens (tertiary/aromatic N) is 4. The van der Waals surface area contributed by atoms with Crippen LogP contribution < -0.4 is 4.74 Å². The van der Waals surface area contributed by atoms with Crippen LogP contribution in [-0.2, 0) is 19.7 Å². The van der Waals surface area contributed by atoms with Gasteiger partial charge >= 0.3 is 0 Å². The Kier molecular flexibility index (Phi) is 3.97. The Morgan fingerprint density at radius 1 is 1.12 bits per heavy atom. The van der Waals surface area contributed by atoms with Gasteiger partial charge in [0.2, 0.25) is 5.88 Å². The average molecular weight is 336 g/mol. The number of aromatic nitrogens is 3. The molecule has 4 rings (SSSR count). The highest BCUT2D eigenvalue weighted by molar-refractivity contribution is 5.62. The molecule has 128 valence electrons. The third kappa shape index (κ3) is 3.13. The molecule has 0 aromatic carbocycles. The van der Waals surface area contributed by atoms with Crippen molar-refractivity contribution < 1.29 is 9.26 Å². The van der Waals surface area contributed by atoms with Gasteiger partial charge in [-0.15, -0.1) is 0 Å². The molecule has 6 heteroatoms. The van der Waals surface area contributed by atoms with Crippen LogP contribution in [0.1, 0.15) is 28.1 Å². The van der Waals surface area contributed by atoms with Gasteiger partial charge in [-0.3, -0.25) is 9.88 Å². The molecule has 1 aliphatic rings. The molecular weight excluding hydrogens is 316 g/mol. The summed E-state index contributed by atoms with van der Waals surface area (Å²) in [6.07, 6.45) is 3.71. The topological polar surface area (TPSA) is 64.3 Å². The lowest BCUT2D eigenvalue weighted by Crippen LogP contribution is -2.07. The van der Waals surface area contributed by atoms with E-state index < -0.39 is 0 Å². The van der Waals surface area contributed by atoms with Gasteiger partial charge < -0.3 is 9.26 Å². The predicted octanol–water partition coefficient (Wildman–Crippen LogP) is 3.27. The van der Waals surface area contributed by atoms with Gasteiger partial charge in [-0.25, -0.2) is 4.98 Å². The fraction of sp³-hybridized carbons (Fsp3) is 0.316. The number of pyridine rings is 2. The third-order valence-electron chi connectivity index (χ3n) is 4.47. The van der Waals surface area contributed by atoms with Crippen molar-refractivity contribution in [1.82, 2.24) is 20.0 Å².